The first-order valence-corrected chi connectivity index (χ1v) is 18.0. The fraction of sp³-hybridized carbons (Fsp3) is 0.833. The molecular weight excluding hydrogens is 612 g/mol. The van der Waals surface area contributed by atoms with Crippen LogP contribution in [-0.2, 0) is 28.8 Å². The van der Waals surface area contributed by atoms with Crippen LogP contribution in [0, 0.1) is 35.5 Å². The smallest absolute Gasteiger partial charge is 0.243 e. The van der Waals surface area contributed by atoms with Gasteiger partial charge in [-0.15, -0.1) is 0 Å². The molecule has 0 aromatic carbocycles. The minimum absolute atomic E-state index is 0.0259. The standard InChI is InChI=1S/C36H66N6O6/c1-19(2)13-25-31(43)38-27(15-21(5)6)33(45)40-29(17-23(9)10)35(47)42-30(18-24(11)12)36(48)41-28(16-22(7)8)34(46)39-26(14-20(3)4)32(44)37-25/h19-30H,13-18H2,1-12H3,(H,37,44)(H,38,43)(H,39,46)(H,40,45)(H,41,48)(H,42,47)/t25-,26-,27-,28-,29-,30+/m0/s1. The first kappa shape index (κ1) is 42.8. The van der Waals surface area contributed by atoms with Crippen LogP contribution >= 0.6 is 0 Å². The second-order valence-electron chi connectivity index (χ2n) is 16.1. The van der Waals surface area contributed by atoms with Crippen molar-refractivity contribution in [1.29, 1.82) is 0 Å². The molecule has 0 radical (unpaired) electrons. The number of hydrogen-bond acceptors (Lipinski definition) is 6. The Bertz CT molecular complexity index is 872. The fourth-order valence-corrected chi connectivity index (χ4v) is 5.85. The van der Waals surface area contributed by atoms with Crippen LogP contribution in [0.25, 0.3) is 0 Å². The third-order valence-corrected chi connectivity index (χ3v) is 8.04. The van der Waals surface area contributed by atoms with Crippen LogP contribution in [0.1, 0.15) is 122 Å². The van der Waals surface area contributed by atoms with Gasteiger partial charge < -0.3 is 31.9 Å². The summed E-state index contributed by atoms with van der Waals surface area (Å²) in [5, 5.41) is 17.1. The highest BCUT2D eigenvalue weighted by molar-refractivity contribution is 5.98. The lowest BCUT2D eigenvalue weighted by atomic mass is 9.96. The van der Waals surface area contributed by atoms with E-state index in [-0.39, 0.29) is 35.5 Å². The molecule has 0 unspecified atom stereocenters. The quantitative estimate of drug-likeness (QED) is 0.185. The van der Waals surface area contributed by atoms with E-state index in [0.29, 0.717) is 38.5 Å². The highest BCUT2D eigenvalue weighted by Crippen LogP contribution is 2.15. The van der Waals surface area contributed by atoms with E-state index in [1.54, 1.807) is 0 Å². The van der Waals surface area contributed by atoms with Crippen LogP contribution in [-0.4, -0.2) is 71.7 Å². The molecule has 1 fully saturated rings. The third-order valence-electron chi connectivity index (χ3n) is 8.04. The molecule has 0 spiro atoms. The van der Waals surface area contributed by atoms with Gasteiger partial charge in [0, 0.05) is 0 Å². The van der Waals surface area contributed by atoms with Gasteiger partial charge in [-0.05, 0) is 74.0 Å². The van der Waals surface area contributed by atoms with Gasteiger partial charge in [-0.2, -0.15) is 0 Å². The van der Waals surface area contributed by atoms with E-state index in [9.17, 15) is 28.8 Å². The van der Waals surface area contributed by atoms with Gasteiger partial charge in [0.1, 0.15) is 36.3 Å². The summed E-state index contributed by atoms with van der Waals surface area (Å²) in [5.74, 6) is -2.93. The van der Waals surface area contributed by atoms with Gasteiger partial charge in [-0.1, -0.05) is 83.1 Å². The van der Waals surface area contributed by atoms with Crippen LogP contribution in [0.15, 0.2) is 0 Å². The van der Waals surface area contributed by atoms with E-state index >= 15 is 0 Å². The van der Waals surface area contributed by atoms with Crippen molar-refractivity contribution in [3.63, 3.8) is 0 Å². The number of carbonyl (C=O) groups is 6. The summed E-state index contributed by atoms with van der Waals surface area (Å²) in [4.78, 5) is 82.7. The SMILES string of the molecule is CC(C)C[C@@H]1NC(=O)[C@H](CC(C)C)NC(=O)[C@H](CC(C)C)NC(=O)[C@@H](CC(C)C)NC(=O)[C@H](CC(C)C)NC(=O)[C@H](CC(C)C)NC1=O. The largest absolute Gasteiger partial charge is 0.343 e. The van der Waals surface area contributed by atoms with Gasteiger partial charge in [-0.3, -0.25) is 28.8 Å². The molecule has 48 heavy (non-hydrogen) atoms. The first-order chi connectivity index (χ1) is 22.2. The lowest BCUT2D eigenvalue weighted by Crippen LogP contribution is -2.62. The molecule has 1 aliphatic rings. The third kappa shape index (κ3) is 15.8. The predicted octanol–water partition coefficient (Wildman–Crippen LogP) is 3.19. The summed E-state index contributed by atoms with van der Waals surface area (Å²) < 4.78 is 0. The maximum atomic E-state index is 13.8. The number of rotatable bonds is 12. The average Bonchev–Trinajstić information content (AvgIpc) is 2.92. The molecule has 1 aliphatic heterocycles. The van der Waals surface area contributed by atoms with E-state index < -0.39 is 71.7 Å². The Morgan fingerprint density at radius 1 is 0.292 bits per heavy atom. The Balaban J connectivity index is 3.78. The first-order valence-electron chi connectivity index (χ1n) is 18.0. The molecule has 12 nitrogen and oxygen atoms in total. The van der Waals surface area contributed by atoms with E-state index in [1.807, 2.05) is 83.1 Å². The number of hydrogen-bond donors (Lipinski definition) is 6. The van der Waals surface area contributed by atoms with E-state index in [1.165, 1.54) is 0 Å². The predicted molar refractivity (Wildman–Crippen MR) is 188 cm³/mol. The van der Waals surface area contributed by atoms with Gasteiger partial charge >= 0.3 is 0 Å². The Hall–Kier alpha value is -3.18. The Kier molecular flexibility index (Phi) is 18.2. The number of amides is 6. The summed E-state index contributed by atoms with van der Waals surface area (Å²) in [5.41, 5.74) is 0. The molecule has 1 saturated heterocycles. The lowest BCUT2D eigenvalue weighted by Gasteiger charge is -2.31. The van der Waals surface area contributed by atoms with Crippen LogP contribution in [0.3, 0.4) is 0 Å². The summed E-state index contributed by atoms with van der Waals surface area (Å²) in [6.07, 6.45) is 1.82. The Labute approximate surface area is 289 Å². The molecule has 0 aliphatic carbocycles. The van der Waals surface area contributed by atoms with E-state index in [4.69, 9.17) is 0 Å². The topological polar surface area (TPSA) is 175 Å². The van der Waals surface area contributed by atoms with Crippen molar-refractivity contribution in [2.75, 3.05) is 0 Å². The van der Waals surface area contributed by atoms with E-state index in [2.05, 4.69) is 31.9 Å². The van der Waals surface area contributed by atoms with Crippen molar-refractivity contribution in [3.05, 3.63) is 0 Å². The minimum Gasteiger partial charge on any atom is -0.343 e. The minimum atomic E-state index is -0.969. The van der Waals surface area contributed by atoms with Crippen molar-refractivity contribution in [2.45, 2.75) is 158 Å². The van der Waals surface area contributed by atoms with Crippen LogP contribution in [0.5, 0.6) is 0 Å². The maximum Gasteiger partial charge on any atom is 0.243 e. The Morgan fingerprint density at radius 2 is 0.396 bits per heavy atom. The van der Waals surface area contributed by atoms with Gasteiger partial charge in [0.2, 0.25) is 35.4 Å². The summed E-state index contributed by atoms with van der Waals surface area (Å²) in [6.45, 7) is 23.1. The van der Waals surface area contributed by atoms with Crippen LogP contribution in [0.2, 0.25) is 0 Å². The monoisotopic (exact) mass is 679 g/mol. The van der Waals surface area contributed by atoms with Crippen molar-refractivity contribution >= 4 is 35.4 Å². The van der Waals surface area contributed by atoms with Gasteiger partial charge in [-0.25, -0.2) is 0 Å². The average molecular weight is 679 g/mol. The molecule has 0 aromatic heterocycles. The molecule has 0 aromatic rings. The zero-order valence-corrected chi connectivity index (χ0v) is 31.6. The van der Waals surface area contributed by atoms with Gasteiger partial charge in [0.15, 0.2) is 0 Å². The normalized spacial score (nSPS) is 25.9. The van der Waals surface area contributed by atoms with Crippen molar-refractivity contribution in [1.82, 2.24) is 31.9 Å². The molecule has 1 rings (SSSR count). The molecule has 6 N–H and O–H groups in total. The summed E-state index contributed by atoms with van der Waals surface area (Å²) in [6, 6.07) is -5.82. The molecule has 276 valence electrons. The molecule has 6 amide bonds. The van der Waals surface area contributed by atoms with Gasteiger partial charge in [0.25, 0.3) is 0 Å². The molecular formula is C36H66N6O6. The molecule has 1 heterocycles. The second-order valence-corrected chi connectivity index (χ2v) is 16.1. The van der Waals surface area contributed by atoms with Crippen molar-refractivity contribution < 1.29 is 28.8 Å². The summed E-state index contributed by atoms with van der Waals surface area (Å²) >= 11 is 0. The lowest BCUT2D eigenvalue weighted by molar-refractivity contribution is -0.137. The van der Waals surface area contributed by atoms with Crippen molar-refractivity contribution in [2.24, 2.45) is 35.5 Å². The van der Waals surface area contributed by atoms with Crippen LogP contribution < -0.4 is 31.9 Å². The summed E-state index contributed by atoms with van der Waals surface area (Å²) in [7, 11) is 0. The molecule has 0 bridgehead atoms. The van der Waals surface area contributed by atoms with Gasteiger partial charge in [0.05, 0.1) is 0 Å². The zero-order valence-electron chi connectivity index (χ0n) is 31.6. The zero-order chi connectivity index (χ0) is 36.9. The van der Waals surface area contributed by atoms with Crippen molar-refractivity contribution in [3.8, 4) is 0 Å². The second kappa shape index (κ2) is 20.4. The van der Waals surface area contributed by atoms with Crippen LogP contribution in [0.4, 0.5) is 0 Å². The number of carbonyl (C=O) groups excluding carboxylic acids is 6. The molecule has 6 atom stereocenters. The highest BCUT2D eigenvalue weighted by atomic mass is 16.2. The number of nitrogens with one attached hydrogen (secondary N) is 6. The highest BCUT2D eigenvalue weighted by Gasteiger charge is 2.36. The van der Waals surface area contributed by atoms with E-state index in [0.717, 1.165) is 0 Å². The Morgan fingerprint density at radius 3 is 0.479 bits per heavy atom. The molecule has 12 heteroatoms. The maximum absolute atomic E-state index is 13.8. The fourth-order valence-electron chi connectivity index (χ4n) is 5.85. The molecule has 0 saturated carbocycles.